The summed E-state index contributed by atoms with van der Waals surface area (Å²) >= 11 is 1.43. The van der Waals surface area contributed by atoms with Gasteiger partial charge in [-0.3, -0.25) is 19.2 Å². The molecule has 196 valence electrons. The summed E-state index contributed by atoms with van der Waals surface area (Å²) < 4.78 is 9.91. The van der Waals surface area contributed by atoms with Crippen LogP contribution >= 0.6 is 11.3 Å². The first-order chi connectivity index (χ1) is 18.2. The van der Waals surface area contributed by atoms with Gasteiger partial charge in [0.2, 0.25) is 0 Å². The van der Waals surface area contributed by atoms with E-state index in [0.29, 0.717) is 30.0 Å². The number of rotatable bonds is 7. The molecule has 1 aromatic heterocycles. The molecular weight excluding hydrogens is 502 g/mol. The van der Waals surface area contributed by atoms with Crippen LogP contribution in [0.2, 0.25) is 0 Å². The van der Waals surface area contributed by atoms with E-state index in [2.05, 4.69) is 0 Å². The van der Waals surface area contributed by atoms with Crippen molar-refractivity contribution in [2.75, 3.05) is 20.8 Å². The minimum absolute atomic E-state index is 0.0612. The van der Waals surface area contributed by atoms with Gasteiger partial charge in [-0.15, -0.1) is 11.3 Å². The molecule has 2 aromatic carbocycles. The number of Topliss-reactive ketones (excluding diaryl/α,β-unsaturated/α-hetero) is 1. The molecular formula is C30H29NO6S. The molecule has 1 aliphatic heterocycles. The number of ketones is 1. The lowest BCUT2D eigenvalue weighted by molar-refractivity contribution is -0.168. The predicted octanol–water partition coefficient (Wildman–Crippen LogP) is 4.37. The van der Waals surface area contributed by atoms with E-state index < -0.39 is 22.8 Å². The van der Waals surface area contributed by atoms with E-state index in [0.717, 1.165) is 22.3 Å². The number of thiophene rings is 1. The first-order valence-electron chi connectivity index (χ1n) is 12.4. The van der Waals surface area contributed by atoms with Gasteiger partial charge >= 0.3 is 11.9 Å². The van der Waals surface area contributed by atoms with E-state index in [1.54, 1.807) is 4.90 Å². The summed E-state index contributed by atoms with van der Waals surface area (Å²) in [4.78, 5) is 54.4. The van der Waals surface area contributed by atoms with Crippen molar-refractivity contribution in [3.8, 4) is 0 Å². The van der Waals surface area contributed by atoms with Crippen LogP contribution in [-0.2, 0) is 43.9 Å². The smallest absolute Gasteiger partial charge is 0.323 e. The van der Waals surface area contributed by atoms with Gasteiger partial charge in [-0.25, -0.2) is 0 Å². The molecule has 2 aliphatic rings. The van der Waals surface area contributed by atoms with Crippen LogP contribution in [0.15, 0.2) is 60.0 Å². The predicted molar refractivity (Wildman–Crippen MR) is 142 cm³/mol. The van der Waals surface area contributed by atoms with E-state index in [4.69, 9.17) is 9.47 Å². The van der Waals surface area contributed by atoms with E-state index in [1.165, 1.54) is 25.6 Å². The highest BCUT2D eigenvalue weighted by Crippen LogP contribution is 2.41. The molecule has 1 aliphatic carbocycles. The molecule has 38 heavy (non-hydrogen) atoms. The third-order valence-corrected chi connectivity index (χ3v) is 8.67. The fraction of sp³-hybridized carbons (Fsp3) is 0.333. The highest BCUT2D eigenvalue weighted by molar-refractivity contribution is 7.12. The first kappa shape index (κ1) is 25.9. The SMILES string of the molecule is COC(=O)C1(C(=O)OC)Cc2ccc(CN3CC(C)(CC(=O)c4cccs4)c4ccccc4C3=O)cc2C1. The molecule has 7 nitrogen and oxygen atoms in total. The van der Waals surface area contributed by atoms with Crippen molar-refractivity contribution in [1.82, 2.24) is 4.90 Å². The van der Waals surface area contributed by atoms with Crippen LogP contribution in [0.4, 0.5) is 0 Å². The Morgan fingerprint density at radius 3 is 2.34 bits per heavy atom. The largest absolute Gasteiger partial charge is 0.468 e. The van der Waals surface area contributed by atoms with Crippen LogP contribution in [-0.4, -0.2) is 49.3 Å². The van der Waals surface area contributed by atoms with Gasteiger partial charge in [-0.05, 0) is 52.6 Å². The Morgan fingerprint density at radius 1 is 0.947 bits per heavy atom. The van der Waals surface area contributed by atoms with Gasteiger partial charge in [-0.2, -0.15) is 0 Å². The molecule has 2 heterocycles. The van der Waals surface area contributed by atoms with E-state index >= 15 is 0 Å². The molecule has 1 unspecified atom stereocenters. The van der Waals surface area contributed by atoms with Gasteiger partial charge in [0.05, 0.1) is 19.1 Å². The number of benzene rings is 2. The molecule has 8 heteroatoms. The summed E-state index contributed by atoms with van der Waals surface area (Å²) in [5, 5.41) is 1.89. The molecule has 0 saturated heterocycles. The number of carbonyl (C=O) groups excluding carboxylic acids is 4. The van der Waals surface area contributed by atoms with Gasteiger partial charge < -0.3 is 14.4 Å². The van der Waals surface area contributed by atoms with Gasteiger partial charge in [0.15, 0.2) is 11.2 Å². The fourth-order valence-corrected chi connectivity index (χ4v) is 6.58. The van der Waals surface area contributed by atoms with E-state index in [-0.39, 0.29) is 24.5 Å². The first-order valence-corrected chi connectivity index (χ1v) is 13.3. The van der Waals surface area contributed by atoms with Crippen molar-refractivity contribution in [2.45, 2.75) is 38.1 Å². The summed E-state index contributed by atoms with van der Waals surface area (Å²) in [5.41, 5.74) is 2.18. The Labute approximate surface area is 225 Å². The fourth-order valence-electron chi connectivity index (χ4n) is 5.91. The maximum Gasteiger partial charge on any atom is 0.323 e. The third kappa shape index (κ3) is 4.32. The second-order valence-electron chi connectivity index (χ2n) is 10.4. The molecule has 0 bridgehead atoms. The maximum absolute atomic E-state index is 13.5. The lowest BCUT2D eigenvalue weighted by Crippen LogP contribution is -2.48. The average Bonchev–Trinajstić information content (AvgIpc) is 3.60. The summed E-state index contributed by atoms with van der Waals surface area (Å²) in [7, 11) is 2.53. The number of carbonyl (C=O) groups is 4. The number of ether oxygens (including phenoxy) is 2. The molecule has 0 N–H and O–H groups in total. The summed E-state index contributed by atoms with van der Waals surface area (Å²) in [6.45, 7) is 2.78. The minimum atomic E-state index is -1.40. The van der Waals surface area contributed by atoms with Crippen molar-refractivity contribution < 1.29 is 28.7 Å². The van der Waals surface area contributed by atoms with Crippen LogP contribution in [0.25, 0.3) is 0 Å². The number of nitrogens with zero attached hydrogens (tertiary/aromatic N) is 1. The van der Waals surface area contributed by atoms with Crippen LogP contribution in [0.3, 0.4) is 0 Å². The van der Waals surface area contributed by atoms with Crippen molar-refractivity contribution in [3.05, 3.63) is 92.7 Å². The second kappa shape index (κ2) is 9.83. The molecule has 1 amide bonds. The quantitative estimate of drug-likeness (QED) is 0.256. The van der Waals surface area contributed by atoms with Crippen LogP contribution in [0.5, 0.6) is 0 Å². The van der Waals surface area contributed by atoms with Gasteiger partial charge in [0, 0.05) is 30.5 Å². The Morgan fingerprint density at radius 2 is 1.66 bits per heavy atom. The van der Waals surface area contributed by atoms with Gasteiger partial charge in [0.25, 0.3) is 5.91 Å². The summed E-state index contributed by atoms with van der Waals surface area (Å²) in [5.74, 6) is -1.25. The molecule has 0 radical (unpaired) electrons. The Balaban J connectivity index is 1.43. The zero-order valence-corrected chi connectivity index (χ0v) is 22.4. The van der Waals surface area contributed by atoms with Crippen LogP contribution < -0.4 is 0 Å². The van der Waals surface area contributed by atoms with Crippen molar-refractivity contribution in [2.24, 2.45) is 5.41 Å². The van der Waals surface area contributed by atoms with Gasteiger partial charge in [-0.1, -0.05) is 49.4 Å². The zero-order chi connectivity index (χ0) is 27.1. The maximum atomic E-state index is 13.5. The Bertz CT molecular complexity index is 1410. The average molecular weight is 532 g/mol. The number of methoxy groups -OCH3 is 2. The number of hydrogen-bond donors (Lipinski definition) is 0. The highest BCUT2D eigenvalue weighted by Gasteiger charge is 2.52. The molecule has 3 aromatic rings. The highest BCUT2D eigenvalue weighted by atomic mass is 32.1. The topological polar surface area (TPSA) is 90.0 Å². The lowest BCUT2D eigenvalue weighted by atomic mass is 9.73. The lowest BCUT2D eigenvalue weighted by Gasteiger charge is -2.41. The summed E-state index contributed by atoms with van der Waals surface area (Å²) in [6, 6.07) is 17.0. The van der Waals surface area contributed by atoms with Crippen molar-refractivity contribution in [3.63, 3.8) is 0 Å². The molecule has 0 fully saturated rings. The van der Waals surface area contributed by atoms with Crippen molar-refractivity contribution in [1.29, 1.82) is 0 Å². The van der Waals surface area contributed by atoms with Crippen LogP contribution in [0.1, 0.15) is 55.6 Å². The zero-order valence-electron chi connectivity index (χ0n) is 21.6. The Hall–Kier alpha value is -3.78. The number of hydrogen-bond acceptors (Lipinski definition) is 7. The normalized spacial score (nSPS) is 19.4. The molecule has 0 saturated carbocycles. The molecule has 1 atom stereocenters. The summed E-state index contributed by atoms with van der Waals surface area (Å²) in [6.07, 6.45) is 0.680. The molecule has 0 spiro atoms. The molecule has 5 rings (SSSR count). The second-order valence-corrected chi connectivity index (χ2v) is 11.3. The van der Waals surface area contributed by atoms with Crippen LogP contribution in [0, 0.1) is 5.41 Å². The number of amides is 1. The van der Waals surface area contributed by atoms with E-state index in [9.17, 15) is 19.2 Å². The monoisotopic (exact) mass is 531 g/mol. The minimum Gasteiger partial charge on any atom is -0.468 e. The Kier molecular flexibility index (Phi) is 6.69. The standard InChI is InChI=1S/C30H29NO6S/c1-29(16-24(32)25-9-6-12-38-25)18-31(26(33)22-7-4-5-8-23(22)29)17-19-10-11-20-14-30(27(34)36-2,28(35)37-3)15-21(20)13-19/h4-13H,14-18H2,1-3H3. The van der Waals surface area contributed by atoms with Gasteiger partial charge in [0.1, 0.15) is 0 Å². The van der Waals surface area contributed by atoms with Crippen molar-refractivity contribution >= 4 is 35.0 Å². The van der Waals surface area contributed by atoms with E-state index in [1.807, 2.05) is 66.9 Å². The number of esters is 2. The number of fused-ring (bicyclic) bond motifs is 2. The third-order valence-electron chi connectivity index (χ3n) is 7.76.